The number of nitrogens with one attached hydrogen (secondary N) is 2. The molecule has 162 valence electrons. The van der Waals surface area contributed by atoms with Gasteiger partial charge in [-0.05, 0) is 51.1 Å². The third-order valence-corrected chi connectivity index (χ3v) is 3.44. The number of hydrogen-bond donors (Lipinski definition) is 2. The molecule has 0 radical (unpaired) electrons. The van der Waals surface area contributed by atoms with E-state index in [4.69, 9.17) is 9.47 Å². The van der Waals surface area contributed by atoms with Crippen molar-refractivity contribution in [1.29, 1.82) is 0 Å². The smallest absolute Gasteiger partial charge is 0.419 e. The highest BCUT2D eigenvalue weighted by Gasteiger charge is 2.34. The molecule has 2 rings (SSSR count). The zero-order chi connectivity index (χ0) is 22.5. The van der Waals surface area contributed by atoms with Crippen molar-refractivity contribution in [1.82, 2.24) is 0 Å². The minimum absolute atomic E-state index is 0.0368. The number of ether oxygens (including phenoxy) is 2. The van der Waals surface area contributed by atoms with Crippen LogP contribution in [0, 0.1) is 5.82 Å². The number of hydrogen-bond acceptors (Lipinski definition) is 4. The molecule has 0 unspecified atom stereocenters. The summed E-state index contributed by atoms with van der Waals surface area (Å²) in [5, 5.41) is 4.66. The maximum absolute atomic E-state index is 13.6. The summed E-state index contributed by atoms with van der Waals surface area (Å²) in [6.07, 6.45) is -5.49. The van der Waals surface area contributed by atoms with Gasteiger partial charge in [-0.15, -0.1) is 0 Å². The highest BCUT2D eigenvalue weighted by atomic mass is 19.4. The van der Waals surface area contributed by atoms with Crippen LogP contribution in [-0.2, 0) is 15.7 Å². The van der Waals surface area contributed by atoms with Gasteiger partial charge < -0.3 is 14.8 Å². The Labute approximate surface area is 170 Å². The van der Waals surface area contributed by atoms with Gasteiger partial charge in [0.1, 0.15) is 17.2 Å². The van der Waals surface area contributed by atoms with Crippen molar-refractivity contribution in [2.75, 3.05) is 17.2 Å². The molecule has 2 aromatic rings. The lowest BCUT2D eigenvalue weighted by Gasteiger charge is -2.20. The number of para-hydroxylation sites is 1. The first-order valence-electron chi connectivity index (χ1n) is 8.73. The molecule has 0 aliphatic heterocycles. The predicted octanol–water partition coefficient (Wildman–Crippen LogP) is 5.21. The molecule has 6 nitrogen and oxygen atoms in total. The van der Waals surface area contributed by atoms with Crippen molar-refractivity contribution in [3.63, 3.8) is 0 Å². The zero-order valence-electron chi connectivity index (χ0n) is 16.4. The molecule has 0 bridgehead atoms. The minimum Gasteiger partial charge on any atom is -0.483 e. The number of halogens is 4. The Kier molecular flexibility index (Phi) is 6.91. The van der Waals surface area contributed by atoms with E-state index in [1.807, 2.05) is 0 Å². The van der Waals surface area contributed by atoms with E-state index in [0.717, 1.165) is 24.3 Å². The Morgan fingerprint density at radius 1 is 0.967 bits per heavy atom. The first-order valence-corrected chi connectivity index (χ1v) is 8.73. The summed E-state index contributed by atoms with van der Waals surface area (Å²) < 4.78 is 62.6. The average Bonchev–Trinajstić information content (AvgIpc) is 2.60. The predicted molar refractivity (Wildman–Crippen MR) is 102 cm³/mol. The van der Waals surface area contributed by atoms with Crippen molar-refractivity contribution in [2.45, 2.75) is 32.5 Å². The lowest BCUT2D eigenvalue weighted by atomic mass is 10.2. The van der Waals surface area contributed by atoms with Gasteiger partial charge in [-0.3, -0.25) is 10.1 Å². The van der Waals surface area contributed by atoms with Crippen LogP contribution in [0.4, 0.5) is 33.7 Å². The third kappa shape index (κ3) is 6.94. The summed E-state index contributed by atoms with van der Waals surface area (Å²) in [5.74, 6) is -2.08. The molecular weight excluding hydrogens is 408 g/mol. The lowest BCUT2D eigenvalue weighted by molar-refractivity contribution is -0.139. The molecule has 0 saturated carbocycles. The van der Waals surface area contributed by atoms with Gasteiger partial charge in [-0.1, -0.05) is 12.1 Å². The van der Waals surface area contributed by atoms with Gasteiger partial charge in [-0.2, -0.15) is 13.2 Å². The van der Waals surface area contributed by atoms with Crippen LogP contribution >= 0.6 is 0 Å². The van der Waals surface area contributed by atoms with Crippen molar-refractivity contribution in [2.24, 2.45) is 0 Å². The Morgan fingerprint density at radius 2 is 1.63 bits per heavy atom. The van der Waals surface area contributed by atoms with E-state index in [1.54, 1.807) is 20.8 Å². The SMILES string of the molecule is CC(C)(C)OC(=O)Nc1ccc(F)cc1NC(=O)COc1ccccc1C(F)(F)F. The van der Waals surface area contributed by atoms with Crippen molar-refractivity contribution < 1.29 is 36.6 Å². The molecule has 0 fully saturated rings. The van der Waals surface area contributed by atoms with Crippen LogP contribution < -0.4 is 15.4 Å². The number of rotatable bonds is 5. The number of anilines is 2. The van der Waals surface area contributed by atoms with Crippen LogP contribution in [0.1, 0.15) is 26.3 Å². The van der Waals surface area contributed by atoms with Crippen molar-refractivity contribution >= 4 is 23.4 Å². The summed E-state index contributed by atoms with van der Waals surface area (Å²) in [6.45, 7) is 4.18. The second kappa shape index (κ2) is 9.02. The normalized spacial score (nSPS) is 11.6. The molecule has 2 aromatic carbocycles. The molecule has 10 heteroatoms. The second-order valence-corrected chi connectivity index (χ2v) is 7.15. The van der Waals surface area contributed by atoms with Gasteiger partial charge in [0.15, 0.2) is 6.61 Å². The molecule has 2 N–H and O–H groups in total. The molecule has 0 heterocycles. The number of benzene rings is 2. The van der Waals surface area contributed by atoms with Gasteiger partial charge in [0.2, 0.25) is 0 Å². The maximum atomic E-state index is 13.6. The second-order valence-electron chi connectivity index (χ2n) is 7.15. The molecule has 0 aromatic heterocycles. The first kappa shape index (κ1) is 23.0. The summed E-state index contributed by atoms with van der Waals surface area (Å²) in [7, 11) is 0. The summed E-state index contributed by atoms with van der Waals surface area (Å²) in [5.41, 5.74) is -1.89. The number of carbonyl (C=O) groups is 2. The fourth-order valence-electron chi connectivity index (χ4n) is 2.30. The molecule has 0 saturated heterocycles. The Bertz CT molecular complexity index is 924. The quantitative estimate of drug-likeness (QED) is 0.641. The fourth-order valence-corrected chi connectivity index (χ4v) is 2.30. The first-order chi connectivity index (χ1) is 13.8. The monoisotopic (exact) mass is 428 g/mol. The van der Waals surface area contributed by atoms with Gasteiger partial charge in [0, 0.05) is 0 Å². The zero-order valence-corrected chi connectivity index (χ0v) is 16.4. The minimum atomic E-state index is -4.65. The van der Waals surface area contributed by atoms with E-state index in [2.05, 4.69) is 10.6 Å². The topological polar surface area (TPSA) is 76.7 Å². The number of amides is 2. The largest absolute Gasteiger partial charge is 0.483 e. The number of carbonyl (C=O) groups excluding carboxylic acids is 2. The van der Waals surface area contributed by atoms with E-state index >= 15 is 0 Å². The summed E-state index contributed by atoms with van der Waals surface area (Å²) in [4.78, 5) is 24.1. The van der Waals surface area contributed by atoms with Crippen molar-refractivity contribution in [3.05, 3.63) is 53.8 Å². The average molecular weight is 428 g/mol. The molecule has 0 atom stereocenters. The van der Waals surface area contributed by atoms with E-state index in [0.29, 0.717) is 0 Å². The van der Waals surface area contributed by atoms with Gasteiger partial charge in [-0.25, -0.2) is 9.18 Å². The van der Waals surface area contributed by atoms with Crippen LogP contribution in [0.25, 0.3) is 0 Å². The van der Waals surface area contributed by atoms with Crippen LogP contribution in [0.3, 0.4) is 0 Å². The van der Waals surface area contributed by atoms with Crippen LogP contribution in [0.5, 0.6) is 5.75 Å². The van der Waals surface area contributed by atoms with Crippen LogP contribution in [0.2, 0.25) is 0 Å². The van der Waals surface area contributed by atoms with E-state index in [9.17, 15) is 27.2 Å². The molecule has 0 aliphatic carbocycles. The maximum Gasteiger partial charge on any atom is 0.419 e. The summed E-state index contributed by atoms with van der Waals surface area (Å²) in [6, 6.07) is 7.62. The molecule has 0 spiro atoms. The van der Waals surface area contributed by atoms with E-state index in [1.165, 1.54) is 18.2 Å². The Balaban J connectivity index is 2.09. The van der Waals surface area contributed by atoms with E-state index < -0.39 is 47.5 Å². The van der Waals surface area contributed by atoms with Gasteiger partial charge in [0.05, 0.1) is 16.9 Å². The Morgan fingerprint density at radius 3 is 2.27 bits per heavy atom. The molecular formula is C20H20F4N2O4. The van der Waals surface area contributed by atoms with Gasteiger partial charge in [0.25, 0.3) is 5.91 Å². The Hall–Kier alpha value is -3.30. The van der Waals surface area contributed by atoms with Crippen LogP contribution in [-0.4, -0.2) is 24.2 Å². The van der Waals surface area contributed by atoms with Crippen LogP contribution in [0.15, 0.2) is 42.5 Å². The number of alkyl halides is 3. The highest BCUT2D eigenvalue weighted by molar-refractivity contribution is 5.98. The van der Waals surface area contributed by atoms with Gasteiger partial charge >= 0.3 is 12.3 Å². The fraction of sp³-hybridized carbons (Fsp3) is 0.300. The highest BCUT2D eigenvalue weighted by Crippen LogP contribution is 2.35. The standard InChI is InChI=1S/C20H20F4N2O4/c1-19(2,3)30-18(28)26-14-9-8-12(21)10-15(14)25-17(27)11-29-16-7-5-4-6-13(16)20(22,23)24/h4-10H,11H2,1-3H3,(H,25,27)(H,26,28). The van der Waals surface area contributed by atoms with Crippen molar-refractivity contribution in [3.8, 4) is 5.75 Å². The molecule has 2 amide bonds. The summed E-state index contributed by atoms with van der Waals surface area (Å²) >= 11 is 0. The third-order valence-electron chi connectivity index (χ3n) is 3.44. The van der Waals surface area contributed by atoms with E-state index in [-0.39, 0.29) is 11.4 Å². The molecule has 0 aliphatic rings. The molecule has 30 heavy (non-hydrogen) atoms. The lowest BCUT2D eigenvalue weighted by Crippen LogP contribution is -2.28.